The van der Waals surface area contributed by atoms with E-state index < -0.39 is 0 Å². The predicted molar refractivity (Wildman–Crippen MR) is 93.8 cm³/mol. The molecule has 4 atom stereocenters. The molecular weight excluding hydrogens is 254 g/mol. The molecular formula is C20H33N. The van der Waals surface area contributed by atoms with Gasteiger partial charge in [0, 0.05) is 18.3 Å². The molecule has 0 spiro atoms. The molecule has 1 aromatic rings. The summed E-state index contributed by atoms with van der Waals surface area (Å²) < 4.78 is 0. The highest BCUT2D eigenvalue weighted by Crippen LogP contribution is 2.41. The fraction of sp³-hybridized carbons (Fsp3) is 0.700. The van der Waals surface area contributed by atoms with Crippen molar-refractivity contribution in [2.45, 2.75) is 59.9 Å². The van der Waals surface area contributed by atoms with Crippen LogP contribution >= 0.6 is 0 Å². The molecule has 1 saturated carbocycles. The van der Waals surface area contributed by atoms with Crippen molar-refractivity contribution in [3.63, 3.8) is 0 Å². The molecule has 1 aliphatic carbocycles. The molecule has 1 aromatic carbocycles. The number of hydrogen-bond donors (Lipinski definition) is 0. The average Bonchev–Trinajstić information content (AvgIpc) is 2.48. The summed E-state index contributed by atoms with van der Waals surface area (Å²) in [6.45, 7) is 13.1. The second-order valence-electron chi connectivity index (χ2n) is 7.35. The molecule has 1 aliphatic rings. The second kappa shape index (κ2) is 7.33. The van der Waals surface area contributed by atoms with Crippen LogP contribution in [0.5, 0.6) is 0 Å². The minimum absolute atomic E-state index is 0.632. The fourth-order valence-corrected chi connectivity index (χ4v) is 4.39. The number of benzene rings is 1. The lowest BCUT2D eigenvalue weighted by atomic mass is 9.67. The van der Waals surface area contributed by atoms with E-state index in [9.17, 15) is 0 Å². The number of hydrogen-bond acceptors (Lipinski definition) is 1. The van der Waals surface area contributed by atoms with Gasteiger partial charge in [0.25, 0.3) is 0 Å². The number of anilines is 1. The number of rotatable bonds is 5. The smallest absolute Gasteiger partial charge is 0.0368 e. The molecule has 0 amide bonds. The third kappa shape index (κ3) is 3.81. The minimum atomic E-state index is 0.632. The van der Waals surface area contributed by atoms with Crippen LogP contribution in [0.2, 0.25) is 0 Å². The molecule has 2 rings (SSSR count). The lowest BCUT2D eigenvalue weighted by Gasteiger charge is -2.45. The van der Waals surface area contributed by atoms with Crippen molar-refractivity contribution < 1.29 is 0 Å². The van der Waals surface area contributed by atoms with Gasteiger partial charge in [-0.2, -0.15) is 0 Å². The Morgan fingerprint density at radius 2 is 1.71 bits per heavy atom. The van der Waals surface area contributed by atoms with E-state index in [0.717, 1.165) is 30.2 Å². The van der Waals surface area contributed by atoms with E-state index in [4.69, 9.17) is 0 Å². The maximum Gasteiger partial charge on any atom is 0.0368 e. The molecule has 0 N–H and O–H groups in total. The van der Waals surface area contributed by atoms with Gasteiger partial charge < -0.3 is 4.90 Å². The van der Waals surface area contributed by atoms with Crippen molar-refractivity contribution in [1.82, 2.24) is 0 Å². The Hall–Kier alpha value is -0.980. The van der Waals surface area contributed by atoms with Gasteiger partial charge >= 0.3 is 0 Å². The zero-order valence-electron chi connectivity index (χ0n) is 14.5. The molecule has 0 radical (unpaired) electrons. The molecule has 0 aromatic heterocycles. The first-order chi connectivity index (χ1) is 10.0. The SMILES string of the molecule is CCN(c1ccccc1)C(C)C1CC(C)CCC1C(C)C. The Bertz CT molecular complexity index is 411. The van der Waals surface area contributed by atoms with Crippen molar-refractivity contribution >= 4 is 5.69 Å². The Kier molecular flexibility index (Phi) is 5.72. The highest BCUT2D eigenvalue weighted by molar-refractivity contribution is 5.47. The fourth-order valence-electron chi connectivity index (χ4n) is 4.39. The van der Waals surface area contributed by atoms with E-state index in [2.05, 4.69) is 69.9 Å². The van der Waals surface area contributed by atoms with Gasteiger partial charge in [-0.15, -0.1) is 0 Å². The molecule has 118 valence electrons. The van der Waals surface area contributed by atoms with E-state index in [0.29, 0.717) is 6.04 Å². The van der Waals surface area contributed by atoms with E-state index in [1.165, 1.54) is 24.9 Å². The summed E-state index contributed by atoms with van der Waals surface area (Å²) in [6.07, 6.45) is 4.23. The Morgan fingerprint density at radius 1 is 1.05 bits per heavy atom. The average molecular weight is 287 g/mol. The number of para-hydroxylation sites is 1. The van der Waals surface area contributed by atoms with Crippen molar-refractivity contribution in [2.24, 2.45) is 23.7 Å². The first-order valence-electron chi connectivity index (χ1n) is 8.86. The zero-order valence-corrected chi connectivity index (χ0v) is 14.5. The first-order valence-corrected chi connectivity index (χ1v) is 8.86. The maximum absolute atomic E-state index is 2.61. The molecule has 1 nitrogen and oxygen atoms in total. The molecule has 0 heterocycles. The molecule has 1 heteroatoms. The van der Waals surface area contributed by atoms with Crippen LogP contribution in [0.3, 0.4) is 0 Å². The molecule has 4 unspecified atom stereocenters. The lowest BCUT2D eigenvalue weighted by Crippen LogP contribution is -2.45. The summed E-state index contributed by atoms with van der Waals surface area (Å²) in [5.74, 6) is 3.41. The van der Waals surface area contributed by atoms with Crippen molar-refractivity contribution in [3.8, 4) is 0 Å². The molecule has 0 bridgehead atoms. The van der Waals surface area contributed by atoms with Gasteiger partial charge in [-0.05, 0) is 62.5 Å². The van der Waals surface area contributed by atoms with Crippen LogP contribution in [0.1, 0.15) is 53.9 Å². The van der Waals surface area contributed by atoms with Crippen molar-refractivity contribution in [1.29, 1.82) is 0 Å². The monoisotopic (exact) mass is 287 g/mol. The summed E-state index contributed by atoms with van der Waals surface area (Å²) in [4.78, 5) is 2.61. The van der Waals surface area contributed by atoms with Gasteiger partial charge in [-0.1, -0.05) is 45.4 Å². The van der Waals surface area contributed by atoms with Crippen LogP contribution in [0.15, 0.2) is 30.3 Å². The van der Waals surface area contributed by atoms with Crippen molar-refractivity contribution in [2.75, 3.05) is 11.4 Å². The zero-order chi connectivity index (χ0) is 15.4. The molecule has 21 heavy (non-hydrogen) atoms. The van der Waals surface area contributed by atoms with Gasteiger partial charge in [0.2, 0.25) is 0 Å². The highest BCUT2D eigenvalue weighted by Gasteiger charge is 2.36. The van der Waals surface area contributed by atoms with Crippen LogP contribution in [-0.2, 0) is 0 Å². The van der Waals surface area contributed by atoms with E-state index in [-0.39, 0.29) is 0 Å². The summed E-state index contributed by atoms with van der Waals surface area (Å²) in [6, 6.07) is 11.6. The van der Waals surface area contributed by atoms with E-state index >= 15 is 0 Å². The Balaban J connectivity index is 2.20. The Labute approximate surface area is 131 Å². The normalized spacial score (nSPS) is 27.6. The number of nitrogens with zero attached hydrogens (tertiary/aromatic N) is 1. The van der Waals surface area contributed by atoms with Gasteiger partial charge in [0.05, 0.1) is 0 Å². The van der Waals surface area contributed by atoms with Crippen LogP contribution in [0, 0.1) is 23.7 Å². The summed E-state index contributed by atoms with van der Waals surface area (Å²) in [5.41, 5.74) is 1.38. The van der Waals surface area contributed by atoms with Crippen LogP contribution < -0.4 is 4.90 Å². The summed E-state index contributed by atoms with van der Waals surface area (Å²) >= 11 is 0. The molecule has 1 fully saturated rings. The largest absolute Gasteiger partial charge is 0.369 e. The van der Waals surface area contributed by atoms with E-state index in [1.54, 1.807) is 0 Å². The topological polar surface area (TPSA) is 3.24 Å². The van der Waals surface area contributed by atoms with Gasteiger partial charge in [-0.25, -0.2) is 0 Å². The van der Waals surface area contributed by atoms with Crippen LogP contribution in [0.4, 0.5) is 5.69 Å². The van der Waals surface area contributed by atoms with Crippen LogP contribution in [0.25, 0.3) is 0 Å². The summed E-state index contributed by atoms with van der Waals surface area (Å²) in [7, 11) is 0. The predicted octanol–water partition coefficient (Wildman–Crippen LogP) is 5.61. The Morgan fingerprint density at radius 3 is 2.29 bits per heavy atom. The standard InChI is InChI=1S/C20H33N/c1-6-21(18-10-8-7-9-11-18)17(5)20-14-16(4)12-13-19(20)15(2)3/h7-11,15-17,19-20H,6,12-14H2,1-5H3. The minimum Gasteiger partial charge on any atom is -0.369 e. The second-order valence-corrected chi connectivity index (χ2v) is 7.35. The highest BCUT2D eigenvalue weighted by atomic mass is 15.2. The van der Waals surface area contributed by atoms with E-state index in [1.807, 2.05) is 0 Å². The third-order valence-electron chi connectivity index (χ3n) is 5.61. The quantitative estimate of drug-likeness (QED) is 0.680. The maximum atomic E-state index is 2.61. The molecule has 0 saturated heterocycles. The molecule has 0 aliphatic heterocycles. The van der Waals surface area contributed by atoms with Gasteiger partial charge in [0.1, 0.15) is 0 Å². The van der Waals surface area contributed by atoms with Crippen LogP contribution in [-0.4, -0.2) is 12.6 Å². The van der Waals surface area contributed by atoms with Crippen molar-refractivity contribution in [3.05, 3.63) is 30.3 Å². The summed E-state index contributed by atoms with van der Waals surface area (Å²) in [5, 5.41) is 0. The van der Waals surface area contributed by atoms with Gasteiger partial charge in [0.15, 0.2) is 0 Å². The van der Waals surface area contributed by atoms with Gasteiger partial charge in [-0.3, -0.25) is 0 Å². The lowest BCUT2D eigenvalue weighted by molar-refractivity contribution is 0.123. The third-order valence-corrected chi connectivity index (χ3v) is 5.61. The first kappa shape index (κ1) is 16.4.